The molecule has 2 unspecified atom stereocenters. The van der Waals surface area contributed by atoms with E-state index in [0.29, 0.717) is 35.5 Å². The van der Waals surface area contributed by atoms with Gasteiger partial charge in [0.05, 0.1) is 5.69 Å². The summed E-state index contributed by atoms with van der Waals surface area (Å²) in [5.74, 6) is 0.834. The molecule has 0 amide bonds. The lowest BCUT2D eigenvalue weighted by Gasteiger charge is -2.33. The fourth-order valence-electron chi connectivity index (χ4n) is 2.77. The number of hydrogen-bond donors (Lipinski definition) is 0. The molecule has 0 bridgehead atoms. The molecule has 0 aliphatic carbocycles. The number of sulfonamides is 1. The summed E-state index contributed by atoms with van der Waals surface area (Å²) in [5, 5.41) is 4.12. The molecular formula is C12H21N3O2S. The Bertz CT molecular complexity index is 526. The average molecular weight is 271 g/mol. The monoisotopic (exact) mass is 271 g/mol. The van der Waals surface area contributed by atoms with Crippen LogP contribution in [0.3, 0.4) is 0 Å². The van der Waals surface area contributed by atoms with Crippen LogP contribution in [0.15, 0.2) is 11.1 Å². The third kappa shape index (κ3) is 2.44. The zero-order valence-corrected chi connectivity index (χ0v) is 12.2. The molecule has 1 saturated heterocycles. The van der Waals surface area contributed by atoms with Gasteiger partial charge in [0, 0.05) is 26.3 Å². The highest BCUT2D eigenvalue weighted by atomic mass is 32.2. The van der Waals surface area contributed by atoms with E-state index in [1.54, 1.807) is 29.2 Å². The molecule has 0 aromatic carbocycles. The summed E-state index contributed by atoms with van der Waals surface area (Å²) in [6.45, 7) is 7.17. The first kappa shape index (κ1) is 13.5. The van der Waals surface area contributed by atoms with Crippen molar-refractivity contribution in [3.63, 3.8) is 0 Å². The predicted octanol–water partition coefficient (Wildman–Crippen LogP) is 1.40. The zero-order valence-electron chi connectivity index (χ0n) is 11.4. The summed E-state index contributed by atoms with van der Waals surface area (Å²) in [7, 11) is -1.64. The van der Waals surface area contributed by atoms with Crippen LogP contribution in [0.2, 0.25) is 0 Å². The summed E-state index contributed by atoms with van der Waals surface area (Å²) < 4.78 is 28.3. The molecule has 0 saturated carbocycles. The normalized spacial score (nSPS) is 26.4. The van der Waals surface area contributed by atoms with E-state index in [-0.39, 0.29) is 0 Å². The molecule has 0 N–H and O–H groups in total. The van der Waals surface area contributed by atoms with Crippen LogP contribution in [0.1, 0.15) is 26.0 Å². The van der Waals surface area contributed by atoms with Crippen LogP contribution in [-0.4, -0.2) is 35.6 Å². The molecular weight excluding hydrogens is 250 g/mol. The topological polar surface area (TPSA) is 55.2 Å². The maximum atomic E-state index is 12.6. The Kier molecular flexibility index (Phi) is 3.51. The second-order valence-corrected chi connectivity index (χ2v) is 7.43. The van der Waals surface area contributed by atoms with Gasteiger partial charge >= 0.3 is 0 Å². The van der Waals surface area contributed by atoms with Crippen molar-refractivity contribution < 1.29 is 8.42 Å². The molecule has 102 valence electrons. The highest BCUT2D eigenvalue weighted by Crippen LogP contribution is 2.27. The molecule has 1 fully saturated rings. The Balaban J connectivity index is 2.34. The van der Waals surface area contributed by atoms with Gasteiger partial charge in [-0.15, -0.1) is 0 Å². The van der Waals surface area contributed by atoms with Gasteiger partial charge < -0.3 is 0 Å². The van der Waals surface area contributed by atoms with E-state index in [1.165, 1.54) is 0 Å². The van der Waals surface area contributed by atoms with Gasteiger partial charge in [-0.2, -0.15) is 9.40 Å². The summed E-state index contributed by atoms with van der Waals surface area (Å²) in [4.78, 5) is 0.339. The van der Waals surface area contributed by atoms with E-state index >= 15 is 0 Å². The van der Waals surface area contributed by atoms with E-state index < -0.39 is 10.0 Å². The van der Waals surface area contributed by atoms with Crippen molar-refractivity contribution in [3.05, 3.63) is 11.9 Å². The van der Waals surface area contributed by atoms with Crippen molar-refractivity contribution >= 4 is 10.0 Å². The number of piperidine rings is 1. The number of hydrogen-bond acceptors (Lipinski definition) is 3. The smallest absolute Gasteiger partial charge is 0.246 e. The van der Waals surface area contributed by atoms with Gasteiger partial charge in [-0.05, 0) is 25.2 Å². The summed E-state index contributed by atoms with van der Waals surface area (Å²) in [5.41, 5.74) is 0.573. The molecule has 1 aliphatic heterocycles. The first-order chi connectivity index (χ1) is 8.30. The van der Waals surface area contributed by atoms with E-state index in [1.807, 2.05) is 0 Å². The number of aryl methyl sites for hydroxylation is 2. The Morgan fingerprint density at radius 1 is 1.28 bits per heavy atom. The van der Waals surface area contributed by atoms with Crippen LogP contribution in [0.5, 0.6) is 0 Å². The largest absolute Gasteiger partial charge is 0.274 e. The van der Waals surface area contributed by atoms with Gasteiger partial charge in [-0.3, -0.25) is 4.68 Å². The van der Waals surface area contributed by atoms with Crippen LogP contribution in [0, 0.1) is 18.8 Å². The van der Waals surface area contributed by atoms with Crippen molar-refractivity contribution in [2.75, 3.05) is 13.1 Å². The maximum Gasteiger partial charge on any atom is 0.246 e. The Hall–Kier alpha value is -0.880. The van der Waals surface area contributed by atoms with Crippen LogP contribution in [-0.2, 0) is 17.1 Å². The fraction of sp³-hybridized carbons (Fsp3) is 0.750. The second-order valence-electron chi connectivity index (χ2n) is 5.52. The Morgan fingerprint density at radius 3 is 2.28 bits per heavy atom. The highest BCUT2D eigenvalue weighted by Gasteiger charge is 2.33. The number of rotatable bonds is 2. The summed E-state index contributed by atoms with van der Waals surface area (Å²) in [6, 6.07) is 0. The molecule has 2 rings (SSSR count). The third-order valence-electron chi connectivity index (χ3n) is 3.42. The molecule has 1 aromatic rings. The molecule has 2 heterocycles. The highest BCUT2D eigenvalue weighted by molar-refractivity contribution is 7.89. The molecule has 18 heavy (non-hydrogen) atoms. The molecule has 5 nitrogen and oxygen atoms in total. The molecule has 0 spiro atoms. The van der Waals surface area contributed by atoms with E-state index in [2.05, 4.69) is 18.9 Å². The molecule has 1 aliphatic rings. The van der Waals surface area contributed by atoms with E-state index in [9.17, 15) is 8.42 Å². The second kappa shape index (κ2) is 4.66. The van der Waals surface area contributed by atoms with Gasteiger partial charge in [-0.1, -0.05) is 13.8 Å². The fourth-order valence-corrected chi connectivity index (χ4v) is 4.65. The minimum Gasteiger partial charge on any atom is -0.274 e. The van der Waals surface area contributed by atoms with Gasteiger partial charge in [0.15, 0.2) is 0 Å². The SMILES string of the molecule is Cc1nn(C)cc1S(=O)(=O)N1CC(C)CC(C)C1. The van der Waals surface area contributed by atoms with Crippen molar-refractivity contribution in [1.82, 2.24) is 14.1 Å². The van der Waals surface area contributed by atoms with E-state index in [0.717, 1.165) is 6.42 Å². The van der Waals surface area contributed by atoms with Crippen molar-refractivity contribution in [3.8, 4) is 0 Å². The van der Waals surface area contributed by atoms with Crippen molar-refractivity contribution in [1.29, 1.82) is 0 Å². The zero-order chi connectivity index (χ0) is 13.5. The lowest BCUT2D eigenvalue weighted by Crippen LogP contribution is -2.42. The molecule has 2 atom stereocenters. The standard InChI is InChI=1S/C12H21N3O2S/c1-9-5-10(2)7-15(6-9)18(16,17)12-8-14(4)13-11(12)3/h8-10H,5-7H2,1-4H3. The van der Waals surface area contributed by atoms with E-state index in [4.69, 9.17) is 0 Å². The van der Waals surface area contributed by atoms with Gasteiger partial charge in [0.25, 0.3) is 0 Å². The molecule has 1 aromatic heterocycles. The van der Waals surface area contributed by atoms with Crippen LogP contribution in [0.25, 0.3) is 0 Å². The van der Waals surface area contributed by atoms with Crippen molar-refractivity contribution in [2.45, 2.75) is 32.1 Å². The first-order valence-electron chi connectivity index (χ1n) is 6.31. The minimum atomic E-state index is -3.39. The van der Waals surface area contributed by atoms with Gasteiger partial charge in [0.2, 0.25) is 10.0 Å². The summed E-state index contributed by atoms with van der Waals surface area (Å²) >= 11 is 0. The van der Waals surface area contributed by atoms with Gasteiger partial charge in [-0.25, -0.2) is 8.42 Å². The lowest BCUT2D eigenvalue weighted by atomic mass is 9.94. The Labute approximate surface area is 109 Å². The average Bonchev–Trinajstić information content (AvgIpc) is 2.57. The maximum absolute atomic E-state index is 12.6. The third-order valence-corrected chi connectivity index (χ3v) is 5.36. The van der Waals surface area contributed by atoms with Crippen LogP contribution in [0.4, 0.5) is 0 Å². The Morgan fingerprint density at radius 2 is 1.83 bits per heavy atom. The van der Waals surface area contributed by atoms with Crippen molar-refractivity contribution in [2.24, 2.45) is 18.9 Å². The van der Waals surface area contributed by atoms with Crippen LogP contribution >= 0.6 is 0 Å². The number of aromatic nitrogens is 2. The molecule has 6 heteroatoms. The first-order valence-corrected chi connectivity index (χ1v) is 7.75. The minimum absolute atomic E-state index is 0.339. The predicted molar refractivity (Wildman–Crippen MR) is 69.6 cm³/mol. The number of nitrogens with zero attached hydrogens (tertiary/aromatic N) is 3. The lowest BCUT2D eigenvalue weighted by molar-refractivity contribution is 0.222. The van der Waals surface area contributed by atoms with Crippen LogP contribution < -0.4 is 0 Å². The quantitative estimate of drug-likeness (QED) is 0.817. The van der Waals surface area contributed by atoms with Gasteiger partial charge in [0.1, 0.15) is 4.90 Å². The molecule has 0 radical (unpaired) electrons. The summed E-state index contributed by atoms with van der Waals surface area (Å²) in [6.07, 6.45) is 2.69.